The highest BCUT2D eigenvalue weighted by Gasteiger charge is 2.08. The van der Waals surface area contributed by atoms with Crippen LogP contribution in [0, 0.1) is 5.82 Å². The van der Waals surface area contributed by atoms with E-state index in [1.54, 1.807) is 18.2 Å². The third-order valence-electron chi connectivity index (χ3n) is 2.35. The van der Waals surface area contributed by atoms with Crippen LogP contribution in [-0.4, -0.2) is 18.4 Å². The van der Waals surface area contributed by atoms with Crippen molar-refractivity contribution >= 4 is 0 Å². The number of benzene rings is 1. The zero-order chi connectivity index (χ0) is 12.1. The van der Waals surface area contributed by atoms with Gasteiger partial charge in [-0.25, -0.2) is 8.78 Å². The summed E-state index contributed by atoms with van der Waals surface area (Å²) in [5, 5.41) is 6.53. The van der Waals surface area contributed by atoms with E-state index in [1.165, 1.54) is 12.3 Å². The van der Waals surface area contributed by atoms with Gasteiger partial charge in [0.05, 0.1) is 0 Å². The van der Waals surface area contributed by atoms with Crippen molar-refractivity contribution < 1.29 is 13.3 Å². The quantitative estimate of drug-likeness (QED) is 0.813. The van der Waals surface area contributed by atoms with Crippen molar-refractivity contribution in [2.24, 2.45) is 0 Å². The number of nitrogens with zero attached hydrogens (tertiary/aromatic N) is 1. The molecular formula is C12H12F2N2O. The molecule has 5 heteroatoms. The minimum atomic E-state index is -0.431. The fraction of sp³-hybridized carbons (Fsp3) is 0.250. The molecule has 0 saturated heterocycles. The lowest BCUT2D eigenvalue weighted by Gasteiger charge is -2.04. The van der Waals surface area contributed by atoms with Gasteiger partial charge in [0.1, 0.15) is 24.4 Å². The first kappa shape index (κ1) is 11.7. The fourth-order valence-electron chi connectivity index (χ4n) is 1.53. The van der Waals surface area contributed by atoms with Crippen molar-refractivity contribution in [2.75, 3.05) is 13.2 Å². The maximum Gasteiger partial charge on any atom is 0.133 e. The summed E-state index contributed by atoms with van der Waals surface area (Å²) in [5.74, 6) is -0.363. The Morgan fingerprint density at radius 2 is 2.18 bits per heavy atom. The zero-order valence-electron chi connectivity index (χ0n) is 9.12. The Kier molecular flexibility index (Phi) is 3.82. The minimum absolute atomic E-state index is 0.270. The van der Waals surface area contributed by atoms with Gasteiger partial charge in [-0.2, -0.15) is 0 Å². The highest BCUT2D eigenvalue weighted by Crippen LogP contribution is 2.21. The van der Waals surface area contributed by atoms with E-state index in [1.807, 2.05) is 0 Å². The molecule has 0 aliphatic heterocycles. The van der Waals surface area contributed by atoms with Crippen LogP contribution in [0.2, 0.25) is 0 Å². The van der Waals surface area contributed by atoms with Crippen LogP contribution >= 0.6 is 0 Å². The summed E-state index contributed by atoms with van der Waals surface area (Å²) in [6, 6.07) is 6.42. The molecule has 0 bridgehead atoms. The second kappa shape index (κ2) is 5.54. The van der Waals surface area contributed by atoms with Crippen LogP contribution in [0.3, 0.4) is 0 Å². The minimum Gasteiger partial charge on any atom is -0.364 e. The monoisotopic (exact) mass is 238 g/mol. The summed E-state index contributed by atoms with van der Waals surface area (Å²) in [6.07, 6.45) is 1.39. The van der Waals surface area contributed by atoms with E-state index in [0.717, 1.165) is 5.56 Å². The molecule has 0 radical (unpaired) electrons. The van der Waals surface area contributed by atoms with Gasteiger partial charge in [0.15, 0.2) is 0 Å². The molecule has 0 aliphatic rings. The number of hydrogen-bond acceptors (Lipinski definition) is 3. The van der Waals surface area contributed by atoms with Crippen LogP contribution in [-0.2, 0) is 6.54 Å². The smallest absolute Gasteiger partial charge is 0.133 e. The number of nitrogens with one attached hydrogen (secondary N) is 1. The molecule has 0 spiro atoms. The van der Waals surface area contributed by atoms with E-state index in [4.69, 9.17) is 0 Å². The Hall–Kier alpha value is -1.75. The van der Waals surface area contributed by atoms with Crippen LogP contribution in [0.4, 0.5) is 8.78 Å². The third-order valence-corrected chi connectivity index (χ3v) is 2.35. The Balaban J connectivity index is 2.12. The maximum absolute atomic E-state index is 13.7. The molecule has 1 aromatic heterocycles. The molecule has 2 aromatic rings. The van der Waals surface area contributed by atoms with E-state index in [9.17, 15) is 8.78 Å². The fourth-order valence-corrected chi connectivity index (χ4v) is 1.53. The summed E-state index contributed by atoms with van der Waals surface area (Å²) >= 11 is 0. The lowest BCUT2D eigenvalue weighted by molar-refractivity contribution is 0.422. The van der Waals surface area contributed by atoms with Gasteiger partial charge in [-0.15, -0.1) is 0 Å². The van der Waals surface area contributed by atoms with Crippen molar-refractivity contribution in [1.82, 2.24) is 10.5 Å². The summed E-state index contributed by atoms with van der Waals surface area (Å²) < 4.78 is 30.3. The Morgan fingerprint density at radius 1 is 1.29 bits per heavy atom. The third kappa shape index (κ3) is 2.88. The van der Waals surface area contributed by atoms with Gasteiger partial charge in [0.2, 0.25) is 0 Å². The van der Waals surface area contributed by atoms with Gasteiger partial charge in [0, 0.05) is 24.7 Å². The van der Waals surface area contributed by atoms with Gasteiger partial charge >= 0.3 is 0 Å². The van der Waals surface area contributed by atoms with Crippen molar-refractivity contribution in [3.8, 4) is 11.3 Å². The lowest BCUT2D eigenvalue weighted by Crippen LogP contribution is -2.16. The Labute approximate surface area is 97.4 Å². The summed E-state index contributed by atoms with van der Waals surface area (Å²) in [7, 11) is 0. The van der Waals surface area contributed by atoms with Gasteiger partial charge < -0.3 is 9.84 Å². The Bertz CT molecular complexity index is 471. The van der Waals surface area contributed by atoms with E-state index in [-0.39, 0.29) is 12.4 Å². The highest BCUT2D eigenvalue weighted by molar-refractivity contribution is 5.59. The molecule has 0 atom stereocenters. The predicted octanol–water partition coefficient (Wildman–Crippen LogP) is 2.54. The SMILES string of the molecule is FCCNCc1ccc(-c2ccon2)c(F)c1. The van der Waals surface area contributed by atoms with Gasteiger partial charge in [-0.3, -0.25) is 0 Å². The topological polar surface area (TPSA) is 38.1 Å². The predicted molar refractivity (Wildman–Crippen MR) is 59.6 cm³/mol. The summed E-state index contributed by atoms with van der Waals surface area (Å²) in [5.41, 5.74) is 1.63. The lowest BCUT2D eigenvalue weighted by atomic mass is 10.1. The number of rotatable bonds is 5. The average Bonchev–Trinajstić information content (AvgIpc) is 2.83. The van der Waals surface area contributed by atoms with Crippen molar-refractivity contribution in [3.05, 3.63) is 41.9 Å². The van der Waals surface area contributed by atoms with E-state index in [2.05, 4.69) is 15.0 Å². The van der Waals surface area contributed by atoms with Crippen LogP contribution in [0.1, 0.15) is 5.56 Å². The molecule has 0 amide bonds. The molecule has 1 heterocycles. The second-order valence-corrected chi connectivity index (χ2v) is 3.56. The van der Waals surface area contributed by atoms with E-state index < -0.39 is 6.67 Å². The first-order chi connectivity index (χ1) is 8.31. The normalized spacial score (nSPS) is 10.7. The molecule has 0 saturated carbocycles. The largest absolute Gasteiger partial charge is 0.364 e. The molecular weight excluding hydrogens is 226 g/mol. The van der Waals surface area contributed by atoms with Crippen molar-refractivity contribution in [2.45, 2.75) is 6.54 Å². The Morgan fingerprint density at radius 3 is 2.82 bits per heavy atom. The van der Waals surface area contributed by atoms with Crippen molar-refractivity contribution in [3.63, 3.8) is 0 Å². The van der Waals surface area contributed by atoms with Crippen LogP contribution in [0.5, 0.6) is 0 Å². The molecule has 17 heavy (non-hydrogen) atoms. The van der Waals surface area contributed by atoms with Crippen molar-refractivity contribution in [1.29, 1.82) is 0 Å². The summed E-state index contributed by atoms with van der Waals surface area (Å²) in [6.45, 7) is 0.284. The average molecular weight is 238 g/mol. The number of alkyl halides is 1. The van der Waals surface area contributed by atoms with Crippen LogP contribution in [0.15, 0.2) is 35.1 Å². The summed E-state index contributed by atoms with van der Waals surface area (Å²) in [4.78, 5) is 0. The standard InChI is InChI=1S/C12H12F2N2O/c13-4-5-15-8-9-1-2-10(11(14)7-9)12-3-6-17-16-12/h1-3,6-7,15H,4-5,8H2. The van der Waals surface area contributed by atoms with E-state index >= 15 is 0 Å². The molecule has 0 fully saturated rings. The zero-order valence-corrected chi connectivity index (χ0v) is 9.12. The van der Waals surface area contributed by atoms with Gasteiger partial charge in [-0.1, -0.05) is 11.2 Å². The first-order valence-electron chi connectivity index (χ1n) is 5.27. The number of halogens is 2. The second-order valence-electron chi connectivity index (χ2n) is 3.56. The highest BCUT2D eigenvalue weighted by atomic mass is 19.1. The van der Waals surface area contributed by atoms with Gasteiger partial charge in [-0.05, 0) is 17.7 Å². The first-order valence-corrected chi connectivity index (χ1v) is 5.27. The molecule has 3 nitrogen and oxygen atoms in total. The number of hydrogen-bond donors (Lipinski definition) is 1. The van der Waals surface area contributed by atoms with E-state index in [0.29, 0.717) is 17.8 Å². The number of aromatic nitrogens is 1. The molecule has 90 valence electrons. The molecule has 1 N–H and O–H groups in total. The molecule has 0 aliphatic carbocycles. The molecule has 1 aromatic carbocycles. The van der Waals surface area contributed by atoms with Crippen LogP contribution < -0.4 is 5.32 Å². The van der Waals surface area contributed by atoms with Gasteiger partial charge in [0.25, 0.3) is 0 Å². The maximum atomic E-state index is 13.7. The molecule has 2 rings (SSSR count). The van der Waals surface area contributed by atoms with Crippen LogP contribution in [0.25, 0.3) is 11.3 Å². The molecule has 0 unspecified atom stereocenters.